The average Bonchev–Trinajstić information content (AvgIpc) is 3.14. The Kier molecular flexibility index (Phi) is 6.48. The van der Waals surface area contributed by atoms with Gasteiger partial charge in [-0.25, -0.2) is 0 Å². The predicted octanol–water partition coefficient (Wildman–Crippen LogP) is 4.01. The molecular weight excluding hydrogens is 350 g/mol. The molecule has 5 heteroatoms. The van der Waals surface area contributed by atoms with Crippen molar-refractivity contribution in [3.63, 3.8) is 0 Å². The summed E-state index contributed by atoms with van der Waals surface area (Å²) in [6.07, 6.45) is 4.79. The van der Waals surface area contributed by atoms with Gasteiger partial charge >= 0.3 is 0 Å². The molecule has 2 aromatic carbocycles. The third kappa shape index (κ3) is 4.60. The van der Waals surface area contributed by atoms with Crippen molar-refractivity contribution in [1.29, 1.82) is 0 Å². The van der Waals surface area contributed by atoms with Crippen molar-refractivity contribution in [1.82, 2.24) is 15.2 Å². The Hall–Kier alpha value is -3.08. The molecule has 0 aliphatic carbocycles. The lowest BCUT2D eigenvalue weighted by Crippen LogP contribution is -2.28. The summed E-state index contributed by atoms with van der Waals surface area (Å²) in [6, 6.07) is 15.0. The van der Waals surface area contributed by atoms with E-state index in [4.69, 9.17) is 0 Å². The van der Waals surface area contributed by atoms with Crippen LogP contribution in [0.2, 0.25) is 0 Å². The van der Waals surface area contributed by atoms with Crippen molar-refractivity contribution in [2.75, 3.05) is 20.1 Å². The van der Waals surface area contributed by atoms with Crippen LogP contribution in [0.15, 0.2) is 54.7 Å². The topological polar surface area (TPSA) is 65.2 Å². The summed E-state index contributed by atoms with van der Waals surface area (Å²) in [4.78, 5) is 29.7. The highest BCUT2D eigenvalue weighted by Crippen LogP contribution is 2.17. The van der Waals surface area contributed by atoms with Gasteiger partial charge in [0.05, 0.1) is 0 Å². The SMILES string of the molecule is CCCCN(C)C(=O)c1ccc(C(=O)NCCc2c[nH]c3ccccc23)cc1. The van der Waals surface area contributed by atoms with Gasteiger partial charge in [0, 0.05) is 48.4 Å². The number of nitrogens with zero attached hydrogens (tertiary/aromatic N) is 1. The highest BCUT2D eigenvalue weighted by atomic mass is 16.2. The fourth-order valence-electron chi connectivity index (χ4n) is 3.23. The molecule has 28 heavy (non-hydrogen) atoms. The number of unbranched alkanes of at least 4 members (excludes halogenated alkanes) is 1. The maximum atomic E-state index is 12.4. The van der Waals surface area contributed by atoms with Crippen LogP contribution in [0.25, 0.3) is 10.9 Å². The Morgan fingerprint density at radius 1 is 1.04 bits per heavy atom. The number of aromatic nitrogens is 1. The summed E-state index contributed by atoms with van der Waals surface area (Å²) in [5, 5.41) is 4.14. The van der Waals surface area contributed by atoms with Gasteiger partial charge in [0.25, 0.3) is 11.8 Å². The molecule has 146 valence electrons. The molecule has 0 bridgehead atoms. The molecule has 2 N–H and O–H groups in total. The van der Waals surface area contributed by atoms with E-state index < -0.39 is 0 Å². The predicted molar refractivity (Wildman–Crippen MR) is 113 cm³/mol. The smallest absolute Gasteiger partial charge is 0.253 e. The molecule has 3 aromatic rings. The van der Waals surface area contributed by atoms with Crippen molar-refractivity contribution in [2.24, 2.45) is 0 Å². The molecule has 0 saturated carbocycles. The maximum Gasteiger partial charge on any atom is 0.253 e. The van der Waals surface area contributed by atoms with Gasteiger partial charge in [0.1, 0.15) is 0 Å². The fourth-order valence-corrected chi connectivity index (χ4v) is 3.23. The fraction of sp³-hybridized carbons (Fsp3) is 0.304. The van der Waals surface area contributed by atoms with Gasteiger partial charge in [-0.15, -0.1) is 0 Å². The molecule has 0 aliphatic rings. The first-order valence-electron chi connectivity index (χ1n) is 9.79. The molecule has 5 nitrogen and oxygen atoms in total. The second-order valence-electron chi connectivity index (χ2n) is 7.02. The molecule has 0 radical (unpaired) electrons. The molecule has 3 rings (SSSR count). The Morgan fingerprint density at radius 3 is 2.50 bits per heavy atom. The van der Waals surface area contributed by atoms with Crippen LogP contribution in [0.3, 0.4) is 0 Å². The van der Waals surface area contributed by atoms with E-state index in [1.54, 1.807) is 29.2 Å². The second-order valence-corrected chi connectivity index (χ2v) is 7.02. The van der Waals surface area contributed by atoms with Gasteiger partial charge in [-0.2, -0.15) is 0 Å². The third-order valence-electron chi connectivity index (χ3n) is 4.94. The van der Waals surface area contributed by atoms with Crippen LogP contribution in [-0.2, 0) is 6.42 Å². The molecule has 0 aliphatic heterocycles. The van der Waals surface area contributed by atoms with E-state index in [1.807, 2.05) is 31.4 Å². The van der Waals surface area contributed by atoms with E-state index in [-0.39, 0.29) is 11.8 Å². The molecule has 1 aromatic heterocycles. The van der Waals surface area contributed by atoms with Crippen molar-refractivity contribution >= 4 is 22.7 Å². The molecule has 1 heterocycles. The van der Waals surface area contributed by atoms with E-state index in [2.05, 4.69) is 23.3 Å². The van der Waals surface area contributed by atoms with E-state index in [1.165, 1.54) is 10.9 Å². The number of nitrogens with one attached hydrogen (secondary N) is 2. The van der Waals surface area contributed by atoms with Crippen molar-refractivity contribution < 1.29 is 9.59 Å². The minimum Gasteiger partial charge on any atom is -0.361 e. The minimum absolute atomic E-state index is 0.0141. The Balaban J connectivity index is 1.54. The summed E-state index contributed by atoms with van der Waals surface area (Å²) in [5.41, 5.74) is 3.46. The van der Waals surface area contributed by atoms with Crippen molar-refractivity contribution in [3.05, 3.63) is 71.4 Å². The van der Waals surface area contributed by atoms with E-state index in [9.17, 15) is 9.59 Å². The van der Waals surface area contributed by atoms with Gasteiger partial charge in [0.15, 0.2) is 0 Å². The van der Waals surface area contributed by atoms with Crippen LogP contribution in [0.1, 0.15) is 46.0 Å². The first-order chi connectivity index (χ1) is 13.6. The Bertz CT molecular complexity index is 944. The zero-order chi connectivity index (χ0) is 19.9. The minimum atomic E-state index is -0.127. The first kappa shape index (κ1) is 19.7. The molecule has 0 unspecified atom stereocenters. The number of para-hydroxylation sites is 1. The number of H-pyrrole nitrogens is 1. The number of carbonyl (C=O) groups excluding carboxylic acids is 2. The second kappa shape index (κ2) is 9.22. The Morgan fingerprint density at radius 2 is 1.75 bits per heavy atom. The molecule has 2 amide bonds. The number of carbonyl (C=O) groups is 2. The summed E-state index contributed by atoms with van der Waals surface area (Å²) >= 11 is 0. The van der Waals surface area contributed by atoms with Gasteiger partial charge in [0.2, 0.25) is 0 Å². The molecular formula is C23H27N3O2. The van der Waals surface area contributed by atoms with E-state index in [0.717, 1.165) is 31.3 Å². The van der Waals surface area contributed by atoms with Crippen LogP contribution in [0.4, 0.5) is 0 Å². The zero-order valence-corrected chi connectivity index (χ0v) is 16.5. The standard InChI is InChI=1S/C23H27N3O2/c1-3-4-15-26(2)23(28)18-11-9-17(10-12-18)22(27)24-14-13-19-16-25-21-8-6-5-7-20(19)21/h5-12,16,25H,3-4,13-15H2,1-2H3,(H,24,27). The quantitative estimate of drug-likeness (QED) is 0.623. The molecule has 0 fully saturated rings. The van der Waals surface area contributed by atoms with Crippen LogP contribution in [0, 0.1) is 0 Å². The van der Waals surface area contributed by atoms with E-state index in [0.29, 0.717) is 17.7 Å². The molecule has 0 atom stereocenters. The number of hydrogen-bond donors (Lipinski definition) is 2. The molecule has 0 spiro atoms. The summed E-state index contributed by atoms with van der Waals surface area (Å²) in [6.45, 7) is 3.40. The number of rotatable bonds is 8. The number of fused-ring (bicyclic) bond motifs is 1. The van der Waals surface area contributed by atoms with Gasteiger partial charge in [-0.3, -0.25) is 9.59 Å². The van der Waals surface area contributed by atoms with Crippen LogP contribution in [-0.4, -0.2) is 41.8 Å². The monoisotopic (exact) mass is 377 g/mol. The lowest BCUT2D eigenvalue weighted by Gasteiger charge is -2.16. The summed E-state index contributed by atoms with van der Waals surface area (Å²) in [7, 11) is 1.81. The number of benzene rings is 2. The van der Waals surface area contributed by atoms with E-state index >= 15 is 0 Å². The van der Waals surface area contributed by atoms with Crippen LogP contribution < -0.4 is 5.32 Å². The lowest BCUT2D eigenvalue weighted by molar-refractivity contribution is 0.0792. The normalized spacial score (nSPS) is 10.8. The van der Waals surface area contributed by atoms with Crippen molar-refractivity contribution in [3.8, 4) is 0 Å². The molecule has 0 saturated heterocycles. The van der Waals surface area contributed by atoms with Crippen LogP contribution >= 0.6 is 0 Å². The number of amides is 2. The highest BCUT2D eigenvalue weighted by molar-refractivity contribution is 5.97. The summed E-state index contributed by atoms with van der Waals surface area (Å²) in [5.74, 6) is -0.141. The largest absolute Gasteiger partial charge is 0.361 e. The summed E-state index contributed by atoms with van der Waals surface area (Å²) < 4.78 is 0. The average molecular weight is 377 g/mol. The van der Waals surface area contributed by atoms with Gasteiger partial charge in [-0.05, 0) is 48.7 Å². The van der Waals surface area contributed by atoms with Gasteiger partial charge in [-0.1, -0.05) is 31.5 Å². The van der Waals surface area contributed by atoms with Gasteiger partial charge < -0.3 is 15.2 Å². The Labute approximate surface area is 165 Å². The highest BCUT2D eigenvalue weighted by Gasteiger charge is 2.12. The van der Waals surface area contributed by atoms with Crippen molar-refractivity contribution in [2.45, 2.75) is 26.2 Å². The zero-order valence-electron chi connectivity index (χ0n) is 16.5. The third-order valence-corrected chi connectivity index (χ3v) is 4.94. The number of aromatic amines is 1. The first-order valence-corrected chi connectivity index (χ1v) is 9.79. The van der Waals surface area contributed by atoms with Crippen LogP contribution in [0.5, 0.6) is 0 Å². The number of hydrogen-bond acceptors (Lipinski definition) is 2. The maximum absolute atomic E-state index is 12.4. The lowest BCUT2D eigenvalue weighted by atomic mass is 10.1.